The van der Waals surface area contributed by atoms with Crippen LogP contribution in [-0.2, 0) is 14.6 Å². The number of hydrogen-bond acceptors (Lipinski definition) is 4. The largest absolute Gasteiger partial charge is 0.385 e. The summed E-state index contributed by atoms with van der Waals surface area (Å²) in [5.74, 6) is 0.0158. The Bertz CT molecular complexity index is 509. The molecular formula is C13H20N2O3S. The van der Waals surface area contributed by atoms with E-state index in [4.69, 9.17) is 0 Å². The van der Waals surface area contributed by atoms with E-state index >= 15 is 0 Å². The first-order chi connectivity index (χ1) is 8.93. The second kappa shape index (κ2) is 7.13. The first kappa shape index (κ1) is 15.5. The summed E-state index contributed by atoms with van der Waals surface area (Å²) in [5.41, 5.74) is 0.802. The molecule has 1 rings (SSSR count). The summed E-state index contributed by atoms with van der Waals surface area (Å²) in [5, 5.41) is 5.86. The smallest absolute Gasteiger partial charge is 0.221 e. The van der Waals surface area contributed by atoms with Crippen molar-refractivity contribution in [3.8, 4) is 0 Å². The zero-order valence-corrected chi connectivity index (χ0v) is 12.1. The van der Waals surface area contributed by atoms with Crippen LogP contribution < -0.4 is 10.6 Å². The molecule has 0 spiro atoms. The van der Waals surface area contributed by atoms with Crippen molar-refractivity contribution in [2.75, 3.05) is 24.7 Å². The lowest BCUT2D eigenvalue weighted by Crippen LogP contribution is -2.25. The molecule has 106 valence electrons. The van der Waals surface area contributed by atoms with Gasteiger partial charge in [-0.25, -0.2) is 8.42 Å². The fourth-order valence-corrected chi connectivity index (χ4v) is 2.12. The predicted octanol–water partition coefficient (Wildman–Crippen LogP) is 1.42. The van der Waals surface area contributed by atoms with Crippen LogP contribution in [0.25, 0.3) is 0 Å². The number of carbonyl (C=O) groups excluding carboxylic acids is 1. The van der Waals surface area contributed by atoms with Gasteiger partial charge in [0.15, 0.2) is 9.84 Å². The molecule has 0 radical (unpaired) electrons. The number of nitrogens with one attached hydrogen (secondary N) is 2. The van der Waals surface area contributed by atoms with Crippen LogP contribution in [-0.4, -0.2) is 33.7 Å². The van der Waals surface area contributed by atoms with Gasteiger partial charge in [0, 0.05) is 31.5 Å². The first-order valence-corrected chi connectivity index (χ1v) is 8.13. The van der Waals surface area contributed by atoms with E-state index in [1.165, 1.54) is 6.26 Å². The zero-order chi connectivity index (χ0) is 14.3. The molecule has 19 heavy (non-hydrogen) atoms. The number of carbonyl (C=O) groups is 1. The SMILES string of the molecule is CCCNC(=O)CCNc1ccc(S(C)(=O)=O)cc1. The Hall–Kier alpha value is -1.56. The van der Waals surface area contributed by atoms with Gasteiger partial charge in [-0.2, -0.15) is 0 Å². The van der Waals surface area contributed by atoms with Gasteiger partial charge < -0.3 is 10.6 Å². The van der Waals surface area contributed by atoms with E-state index in [1.807, 2.05) is 6.92 Å². The summed E-state index contributed by atoms with van der Waals surface area (Å²) in [6, 6.07) is 6.49. The van der Waals surface area contributed by atoms with Gasteiger partial charge in [-0.3, -0.25) is 4.79 Å². The van der Waals surface area contributed by atoms with Gasteiger partial charge in [-0.1, -0.05) is 6.92 Å². The second-order valence-corrected chi connectivity index (χ2v) is 6.34. The van der Waals surface area contributed by atoms with Crippen LogP contribution in [0.5, 0.6) is 0 Å². The van der Waals surface area contributed by atoms with Crippen LogP contribution in [0.15, 0.2) is 29.2 Å². The van der Waals surface area contributed by atoms with Crippen LogP contribution in [0.3, 0.4) is 0 Å². The van der Waals surface area contributed by atoms with Crippen LogP contribution in [0, 0.1) is 0 Å². The number of sulfone groups is 1. The lowest BCUT2D eigenvalue weighted by molar-refractivity contribution is -0.120. The highest BCUT2D eigenvalue weighted by Crippen LogP contribution is 2.13. The third-order valence-electron chi connectivity index (χ3n) is 2.54. The lowest BCUT2D eigenvalue weighted by atomic mass is 10.3. The third kappa shape index (κ3) is 5.74. The van der Waals surface area contributed by atoms with Crippen LogP contribution in [0.4, 0.5) is 5.69 Å². The van der Waals surface area contributed by atoms with Crippen molar-refractivity contribution < 1.29 is 13.2 Å². The van der Waals surface area contributed by atoms with Gasteiger partial charge in [-0.05, 0) is 30.7 Å². The summed E-state index contributed by atoms with van der Waals surface area (Å²) in [4.78, 5) is 11.6. The summed E-state index contributed by atoms with van der Waals surface area (Å²) < 4.78 is 22.5. The third-order valence-corrected chi connectivity index (χ3v) is 3.66. The molecule has 1 amide bonds. The number of amides is 1. The Morgan fingerprint density at radius 1 is 1.16 bits per heavy atom. The molecule has 0 aliphatic rings. The van der Waals surface area contributed by atoms with Crippen molar-refractivity contribution in [1.82, 2.24) is 5.32 Å². The number of rotatable bonds is 7. The number of anilines is 1. The van der Waals surface area contributed by atoms with E-state index in [0.717, 1.165) is 12.1 Å². The maximum atomic E-state index is 11.3. The molecule has 6 heteroatoms. The molecule has 5 nitrogen and oxygen atoms in total. The minimum absolute atomic E-state index is 0.0158. The second-order valence-electron chi connectivity index (χ2n) is 4.32. The van der Waals surface area contributed by atoms with Crippen LogP contribution >= 0.6 is 0 Å². The van der Waals surface area contributed by atoms with Crippen molar-refractivity contribution in [2.45, 2.75) is 24.7 Å². The minimum atomic E-state index is -3.16. The summed E-state index contributed by atoms with van der Waals surface area (Å²) in [6.07, 6.45) is 2.49. The van der Waals surface area contributed by atoms with Crippen molar-refractivity contribution in [3.63, 3.8) is 0 Å². The fourth-order valence-electron chi connectivity index (χ4n) is 1.49. The van der Waals surface area contributed by atoms with E-state index in [0.29, 0.717) is 24.4 Å². The van der Waals surface area contributed by atoms with Crippen molar-refractivity contribution >= 4 is 21.4 Å². The quantitative estimate of drug-likeness (QED) is 0.794. The van der Waals surface area contributed by atoms with E-state index < -0.39 is 9.84 Å². The highest BCUT2D eigenvalue weighted by Gasteiger charge is 2.06. The van der Waals surface area contributed by atoms with E-state index in [9.17, 15) is 13.2 Å². The molecule has 0 atom stereocenters. The zero-order valence-electron chi connectivity index (χ0n) is 11.3. The van der Waals surface area contributed by atoms with Gasteiger partial charge >= 0.3 is 0 Å². The average molecular weight is 284 g/mol. The summed E-state index contributed by atoms with van der Waals surface area (Å²) >= 11 is 0. The molecule has 0 heterocycles. The van der Waals surface area contributed by atoms with Crippen molar-refractivity contribution in [2.24, 2.45) is 0 Å². The van der Waals surface area contributed by atoms with Gasteiger partial charge in [0.25, 0.3) is 0 Å². The highest BCUT2D eigenvalue weighted by atomic mass is 32.2. The van der Waals surface area contributed by atoms with Gasteiger partial charge in [0.1, 0.15) is 0 Å². The molecule has 0 aromatic heterocycles. The van der Waals surface area contributed by atoms with E-state index in [2.05, 4.69) is 10.6 Å². The molecule has 0 unspecified atom stereocenters. The summed E-state index contributed by atoms with van der Waals surface area (Å²) in [6.45, 7) is 3.22. The fraction of sp³-hybridized carbons (Fsp3) is 0.462. The van der Waals surface area contributed by atoms with Crippen LogP contribution in [0.1, 0.15) is 19.8 Å². The molecule has 0 aliphatic carbocycles. The van der Waals surface area contributed by atoms with Gasteiger partial charge in [0.05, 0.1) is 4.90 Å². The molecule has 0 saturated carbocycles. The first-order valence-electron chi connectivity index (χ1n) is 6.24. The Morgan fingerprint density at radius 2 is 1.79 bits per heavy atom. The number of benzene rings is 1. The average Bonchev–Trinajstić information content (AvgIpc) is 2.36. The summed E-state index contributed by atoms with van der Waals surface area (Å²) in [7, 11) is -3.16. The van der Waals surface area contributed by atoms with E-state index in [-0.39, 0.29) is 5.91 Å². The standard InChI is InChI=1S/C13H20N2O3S/c1-3-9-15-13(16)8-10-14-11-4-6-12(7-5-11)19(2,17)18/h4-7,14H,3,8-10H2,1-2H3,(H,15,16). The molecule has 1 aromatic carbocycles. The van der Waals surface area contributed by atoms with Gasteiger partial charge in [0.2, 0.25) is 5.91 Å². The topological polar surface area (TPSA) is 75.3 Å². The normalized spacial score (nSPS) is 11.1. The molecule has 0 aliphatic heterocycles. The molecular weight excluding hydrogens is 264 g/mol. The molecule has 1 aromatic rings. The maximum Gasteiger partial charge on any atom is 0.221 e. The van der Waals surface area contributed by atoms with Crippen molar-refractivity contribution in [1.29, 1.82) is 0 Å². The predicted molar refractivity (Wildman–Crippen MR) is 76.0 cm³/mol. The Balaban J connectivity index is 2.40. The highest BCUT2D eigenvalue weighted by molar-refractivity contribution is 7.90. The Kier molecular flexibility index (Phi) is 5.82. The lowest BCUT2D eigenvalue weighted by Gasteiger charge is -2.07. The van der Waals surface area contributed by atoms with Gasteiger partial charge in [-0.15, -0.1) is 0 Å². The maximum absolute atomic E-state index is 11.3. The Morgan fingerprint density at radius 3 is 2.32 bits per heavy atom. The minimum Gasteiger partial charge on any atom is -0.385 e. The molecule has 0 fully saturated rings. The monoisotopic (exact) mass is 284 g/mol. The molecule has 0 saturated heterocycles. The number of hydrogen-bond donors (Lipinski definition) is 2. The molecule has 2 N–H and O–H groups in total. The van der Waals surface area contributed by atoms with Crippen LogP contribution in [0.2, 0.25) is 0 Å². The molecule has 0 bridgehead atoms. The van der Waals surface area contributed by atoms with Crippen molar-refractivity contribution in [3.05, 3.63) is 24.3 Å². The van der Waals surface area contributed by atoms with E-state index in [1.54, 1.807) is 24.3 Å². The Labute approximate surface area is 114 Å².